The maximum atomic E-state index is 13.2. The number of aliphatic hydroxyl groups excluding tert-OH is 11. The van der Waals surface area contributed by atoms with Crippen molar-refractivity contribution in [2.75, 3.05) is 26.4 Å². The van der Waals surface area contributed by atoms with Crippen LogP contribution >= 0.6 is 0 Å². The Morgan fingerprint density at radius 1 is 0.427 bits per heavy atom. The van der Waals surface area contributed by atoms with E-state index in [1.807, 2.05) is 6.08 Å². The van der Waals surface area contributed by atoms with Gasteiger partial charge in [0.2, 0.25) is 5.91 Å². The summed E-state index contributed by atoms with van der Waals surface area (Å²) in [4.78, 5) is 13.2. The smallest absolute Gasteiger partial charge is 0.220 e. The van der Waals surface area contributed by atoms with Crippen LogP contribution in [0.15, 0.2) is 36.5 Å². The Labute approximate surface area is 491 Å². The van der Waals surface area contributed by atoms with E-state index in [-0.39, 0.29) is 18.9 Å². The average molecular weight is 1170 g/mol. The van der Waals surface area contributed by atoms with E-state index in [1.165, 1.54) is 135 Å². The third-order valence-electron chi connectivity index (χ3n) is 16.2. The average Bonchev–Trinajstić information content (AvgIpc) is 3.59. The summed E-state index contributed by atoms with van der Waals surface area (Å²) in [6, 6.07) is -0.991. The van der Waals surface area contributed by atoms with E-state index in [9.17, 15) is 61.0 Å². The largest absolute Gasteiger partial charge is 0.394 e. The Kier molecular flexibility index (Phi) is 41.8. The molecule has 0 saturated carbocycles. The van der Waals surface area contributed by atoms with Gasteiger partial charge in [-0.15, -0.1) is 0 Å². The van der Waals surface area contributed by atoms with Crippen molar-refractivity contribution >= 4 is 5.91 Å². The van der Waals surface area contributed by atoms with E-state index in [0.29, 0.717) is 12.8 Å². The SMILES string of the molecule is CCCCCCCCCCCCCCCCCCCCCC/C=C/CC/C=C/CC/C=C/C(O)C(COC1OC(CO)C(OC2OC(CO)C(OC3OC(CO)C(O)C(O)C3O)C(O)C2O)C(O)C1O)NC(=O)CCCCCCCCC. The molecule has 0 aliphatic carbocycles. The minimum absolute atomic E-state index is 0.231. The Bertz CT molecular complexity index is 1640. The number of carbonyl (C=O) groups excluding carboxylic acids is 1. The zero-order valence-corrected chi connectivity index (χ0v) is 50.2. The van der Waals surface area contributed by atoms with E-state index in [1.54, 1.807) is 6.08 Å². The van der Waals surface area contributed by atoms with E-state index in [0.717, 1.165) is 57.8 Å². The maximum absolute atomic E-state index is 13.2. The topological polar surface area (TPSA) is 307 Å². The summed E-state index contributed by atoms with van der Waals surface area (Å²) < 4.78 is 34.1. The highest BCUT2D eigenvalue weighted by Gasteiger charge is 2.53. The second kappa shape index (κ2) is 46.2. The molecule has 17 unspecified atom stereocenters. The molecule has 0 bridgehead atoms. The molecule has 12 N–H and O–H groups in total. The number of aliphatic hydroxyl groups is 11. The van der Waals surface area contributed by atoms with Gasteiger partial charge in [-0.2, -0.15) is 0 Å². The van der Waals surface area contributed by atoms with Crippen LogP contribution in [0.3, 0.4) is 0 Å². The van der Waals surface area contributed by atoms with Gasteiger partial charge in [0.05, 0.1) is 38.6 Å². The lowest BCUT2D eigenvalue weighted by molar-refractivity contribution is -0.379. The number of unbranched alkanes of at least 4 members (excludes halogenated alkanes) is 28. The number of ether oxygens (including phenoxy) is 6. The van der Waals surface area contributed by atoms with Gasteiger partial charge < -0.3 is 89.9 Å². The highest BCUT2D eigenvalue weighted by Crippen LogP contribution is 2.33. The normalized spacial score (nSPS) is 29.8. The van der Waals surface area contributed by atoms with Gasteiger partial charge in [0, 0.05) is 6.42 Å². The molecule has 3 aliphatic rings. The molecule has 17 atom stereocenters. The molecule has 0 radical (unpaired) electrons. The van der Waals surface area contributed by atoms with E-state index in [2.05, 4.69) is 43.5 Å². The highest BCUT2D eigenvalue weighted by molar-refractivity contribution is 5.76. The Balaban J connectivity index is 1.39. The summed E-state index contributed by atoms with van der Waals surface area (Å²) in [5.41, 5.74) is 0. The minimum Gasteiger partial charge on any atom is -0.394 e. The molecule has 3 heterocycles. The van der Waals surface area contributed by atoms with E-state index in [4.69, 9.17) is 28.4 Å². The predicted molar refractivity (Wildman–Crippen MR) is 314 cm³/mol. The van der Waals surface area contributed by atoms with Gasteiger partial charge in [-0.05, 0) is 44.9 Å². The second-order valence-electron chi connectivity index (χ2n) is 23.2. The van der Waals surface area contributed by atoms with E-state index >= 15 is 0 Å². The van der Waals surface area contributed by atoms with Gasteiger partial charge >= 0.3 is 0 Å². The first-order valence-electron chi connectivity index (χ1n) is 32.2. The Hall–Kier alpha value is -1.99. The fraction of sp³-hybridized carbons (Fsp3) is 0.889. The molecule has 19 heteroatoms. The fourth-order valence-electron chi connectivity index (χ4n) is 10.9. The molecule has 0 aromatic carbocycles. The van der Waals surface area contributed by atoms with Crippen molar-refractivity contribution in [2.24, 2.45) is 0 Å². The zero-order chi connectivity index (χ0) is 59.7. The first-order valence-corrected chi connectivity index (χ1v) is 32.2. The third kappa shape index (κ3) is 29.1. The summed E-state index contributed by atoms with van der Waals surface area (Å²) in [6.45, 7) is 1.64. The first-order chi connectivity index (χ1) is 39.8. The van der Waals surface area contributed by atoms with Crippen molar-refractivity contribution in [1.82, 2.24) is 5.32 Å². The van der Waals surface area contributed by atoms with Gasteiger partial charge in [-0.25, -0.2) is 0 Å². The molecule has 0 spiro atoms. The lowest BCUT2D eigenvalue weighted by Gasteiger charge is -2.48. The van der Waals surface area contributed by atoms with Crippen molar-refractivity contribution in [3.8, 4) is 0 Å². The van der Waals surface area contributed by atoms with Crippen LogP contribution in [0.2, 0.25) is 0 Å². The van der Waals surface area contributed by atoms with E-state index < -0.39 is 124 Å². The zero-order valence-electron chi connectivity index (χ0n) is 50.2. The van der Waals surface area contributed by atoms with Crippen LogP contribution in [0.4, 0.5) is 0 Å². The number of nitrogens with one attached hydrogen (secondary N) is 1. The van der Waals surface area contributed by atoms with Crippen LogP contribution < -0.4 is 5.32 Å². The van der Waals surface area contributed by atoms with Crippen LogP contribution in [-0.4, -0.2) is 193 Å². The Morgan fingerprint density at radius 2 is 0.780 bits per heavy atom. The van der Waals surface area contributed by atoms with Gasteiger partial charge in [0.25, 0.3) is 0 Å². The molecule has 19 nitrogen and oxygen atoms in total. The summed E-state index contributed by atoms with van der Waals surface area (Å²) in [5.74, 6) is -0.297. The summed E-state index contributed by atoms with van der Waals surface area (Å²) >= 11 is 0. The summed E-state index contributed by atoms with van der Waals surface area (Å²) in [5, 5.41) is 120. The number of rotatable bonds is 48. The van der Waals surface area contributed by atoms with Crippen molar-refractivity contribution < 1.29 is 89.4 Å². The van der Waals surface area contributed by atoms with Gasteiger partial charge in [-0.3, -0.25) is 4.79 Å². The molecule has 0 aromatic rings. The first kappa shape index (κ1) is 74.3. The predicted octanol–water partition coefficient (Wildman–Crippen LogP) is 6.88. The second-order valence-corrected chi connectivity index (χ2v) is 23.2. The van der Waals surface area contributed by atoms with Crippen molar-refractivity contribution in [2.45, 2.75) is 330 Å². The lowest BCUT2D eigenvalue weighted by atomic mass is 9.96. The molecule has 3 aliphatic heterocycles. The van der Waals surface area contributed by atoms with Crippen LogP contribution in [0.1, 0.15) is 226 Å². The number of hydrogen-bond donors (Lipinski definition) is 12. The quantitative estimate of drug-likeness (QED) is 0.0218. The summed E-state index contributed by atoms with van der Waals surface area (Å²) in [7, 11) is 0. The summed E-state index contributed by atoms with van der Waals surface area (Å²) in [6.07, 6.45) is 24.9. The fourth-order valence-corrected chi connectivity index (χ4v) is 10.9. The molecule has 480 valence electrons. The van der Waals surface area contributed by atoms with Crippen molar-refractivity contribution in [3.05, 3.63) is 36.5 Å². The highest BCUT2D eigenvalue weighted by atomic mass is 16.8. The number of amides is 1. The van der Waals surface area contributed by atoms with Crippen LogP contribution in [0.5, 0.6) is 0 Å². The standard InChI is InChI=1S/C63H115NO18/c1-3-5-7-9-11-12-13-14-15-16-17-18-19-20-21-22-23-24-25-26-27-28-29-30-31-32-33-35-36-38-40-47(68)46(64-51(69)41-39-37-34-10-8-6-4-2)45-77-61-57(75)54(72)59(49(43-66)79-61)82-63-58(76)55(73)60(50(44-67)80-63)81-62-56(74)53(71)52(70)48(42-65)78-62/h28-29,32-33,38,40,46-50,52-63,65-68,70-76H,3-27,30-31,34-37,39,41-45H2,1-2H3,(H,64,69)/b29-28+,33-32+,40-38+. The molecular weight excluding hydrogens is 1060 g/mol. The van der Waals surface area contributed by atoms with Crippen molar-refractivity contribution in [3.63, 3.8) is 0 Å². The number of hydrogen-bond acceptors (Lipinski definition) is 18. The van der Waals surface area contributed by atoms with Gasteiger partial charge in [-0.1, -0.05) is 211 Å². The van der Waals surface area contributed by atoms with Crippen LogP contribution in [0, 0.1) is 0 Å². The maximum Gasteiger partial charge on any atom is 0.220 e. The molecule has 3 rings (SSSR count). The van der Waals surface area contributed by atoms with Gasteiger partial charge in [0.1, 0.15) is 73.2 Å². The van der Waals surface area contributed by atoms with Gasteiger partial charge in [0.15, 0.2) is 18.9 Å². The lowest BCUT2D eigenvalue weighted by Crippen LogP contribution is -2.66. The molecule has 0 aromatic heterocycles. The van der Waals surface area contributed by atoms with Crippen molar-refractivity contribution in [1.29, 1.82) is 0 Å². The number of carbonyl (C=O) groups is 1. The molecule has 82 heavy (non-hydrogen) atoms. The molecular formula is C63H115NO18. The molecule has 1 amide bonds. The number of allylic oxidation sites excluding steroid dienone is 5. The molecule has 3 saturated heterocycles. The Morgan fingerprint density at radius 3 is 1.22 bits per heavy atom. The van der Waals surface area contributed by atoms with Crippen LogP contribution in [-0.2, 0) is 33.2 Å². The minimum atomic E-state index is -1.98. The molecule has 3 fully saturated rings. The third-order valence-corrected chi connectivity index (χ3v) is 16.2. The van der Waals surface area contributed by atoms with Crippen LogP contribution in [0.25, 0.3) is 0 Å². The monoisotopic (exact) mass is 1170 g/mol.